The summed E-state index contributed by atoms with van der Waals surface area (Å²) < 4.78 is 1.98. The molecule has 0 unspecified atom stereocenters. The largest absolute Gasteiger partial charge is 0.339 e. The molecule has 2 heterocycles. The number of hydrogen-bond acceptors (Lipinski definition) is 3. The van der Waals surface area contributed by atoms with E-state index in [0.29, 0.717) is 5.92 Å². The minimum atomic E-state index is 0.179. The number of rotatable bonds is 3. The number of piperidine rings is 1. The van der Waals surface area contributed by atoms with Gasteiger partial charge in [0.05, 0.1) is 0 Å². The van der Waals surface area contributed by atoms with Gasteiger partial charge in [-0.15, -0.1) is 10.2 Å². The number of aryl methyl sites for hydroxylation is 1. The van der Waals surface area contributed by atoms with Crippen LogP contribution in [0.3, 0.4) is 0 Å². The van der Waals surface area contributed by atoms with E-state index in [4.69, 9.17) is 0 Å². The summed E-state index contributed by atoms with van der Waals surface area (Å²) in [6.07, 6.45) is 6.58. The molecule has 0 aromatic carbocycles. The molecule has 0 spiro atoms. The Morgan fingerprint density at radius 3 is 2.68 bits per heavy atom. The molecule has 0 saturated carbocycles. The zero-order valence-electron chi connectivity index (χ0n) is 12.0. The highest BCUT2D eigenvalue weighted by molar-refractivity contribution is 5.92. The van der Waals surface area contributed by atoms with E-state index in [9.17, 15) is 4.79 Å². The molecule has 0 N–H and O–H groups in total. The van der Waals surface area contributed by atoms with Crippen LogP contribution in [0.5, 0.6) is 0 Å². The van der Waals surface area contributed by atoms with Gasteiger partial charge in [0, 0.05) is 31.6 Å². The average Bonchev–Trinajstić information content (AvgIpc) is 2.84. The number of amides is 1. The van der Waals surface area contributed by atoms with Crippen LogP contribution in [0, 0.1) is 0 Å². The Kier molecular flexibility index (Phi) is 4.35. The molecule has 1 aliphatic heterocycles. The molecule has 1 aromatic heterocycles. The molecule has 1 fully saturated rings. The molecule has 0 atom stereocenters. The van der Waals surface area contributed by atoms with Crippen LogP contribution < -0.4 is 0 Å². The molecule has 1 amide bonds. The first kappa shape index (κ1) is 13.8. The molecule has 0 radical (unpaired) electrons. The Morgan fingerprint density at radius 1 is 1.47 bits per heavy atom. The maximum absolute atomic E-state index is 12.2. The number of hydrogen-bond donors (Lipinski definition) is 0. The fourth-order valence-electron chi connectivity index (χ4n) is 2.65. The molecule has 19 heavy (non-hydrogen) atoms. The van der Waals surface area contributed by atoms with Gasteiger partial charge in [-0.05, 0) is 26.2 Å². The van der Waals surface area contributed by atoms with E-state index < -0.39 is 0 Å². The molecule has 2 rings (SSSR count). The Hall–Kier alpha value is -1.65. The van der Waals surface area contributed by atoms with Crippen molar-refractivity contribution in [3.05, 3.63) is 23.8 Å². The summed E-state index contributed by atoms with van der Waals surface area (Å²) in [6.45, 7) is 5.58. The van der Waals surface area contributed by atoms with Gasteiger partial charge in [0.2, 0.25) is 5.91 Å². The summed E-state index contributed by atoms with van der Waals surface area (Å²) in [7, 11) is 1.97. The van der Waals surface area contributed by atoms with Gasteiger partial charge in [-0.1, -0.05) is 13.0 Å². The van der Waals surface area contributed by atoms with Gasteiger partial charge in [0.1, 0.15) is 12.2 Å². The highest BCUT2D eigenvalue weighted by Crippen LogP contribution is 2.26. The molecule has 1 aromatic rings. The van der Waals surface area contributed by atoms with Crippen LogP contribution in [-0.2, 0) is 11.8 Å². The quantitative estimate of drug-likeness (QED) is 0.781. The van der Waals surface area contributed by atoms with Gasteiger partial charge in [0.25, 0.3) is 0 Å². The van der Waals surface area contributed by atoms with Crippen LogP contribution in [0.4, 0.5) is 0 Å². The first-order valence-electron chi connectivity index (χ1n) is 6.93. The second kappa shape index (κ2) is 5.99. The van der Waals surface area contributed by atoms with E-state index in [2.05, 4.69) is 17.1 Å². The minimum Gasteiger partial charge on any atom is -0.339 e. The Morgan fingerprint density at radius 2 is 2.16 bits per heavy atom. The van der Waals surface area contributed by atoms with E-state index in [1.54, 1.807) is 6.33 Å². The number of aromatic nitrogens is 3. The SMILES string of the molecule is CCC=C(C)C(=O)N1CCC(c2nncn2C)CC1. The van der Waals surface area contributed by atoms with Crippen molar-refractivity contribution in [2.45, 2.75) is 39.0 Å². The second-order valence-corrected chi connectivity index (χ2v) is 5.16. The van der Waals surface area contributed by atoms with Crippen molar-refractivity contribution >= 4 is 5.91 Å². The van der Waals surface area contributed by atoms with Gasteiger partial charge in [-0.3, -0.25) is 4.79 Å². The summed E-state index contributed by atoms with van der Waals surface area (Å²) in [4.78, 5) is 14.1. The summed E-state index contributed by atoms with van der Waals surface area (Å²) in [6, 6.07) is 0. The second-order valence-electron chi connectivity index (χ2n) is 5.16. The zero-order valence-corrected chi connectivity index (χ0v) is 12.0. The smallest absolute Gasteiger partial charge is 0.249 e. The molecule has 104 valence electrons. The maximum atomic E-state index is 12.2. The van der Waals surface area contributed by atoms with Crippen molar-refractivity contribution < 1.29 is 4.79 Å². The van der Waals surface area contributed by atoms with Crippen molar-refractivity contribution in [1.29, 1.82) is 0 Å². The lowest BCUT2D eigenvalue weighted by molar-refractivity contribution is -0.128. The van der Waals surface area contributed by atoms with Crippen molar-refractivity contribution in [1.82, 2.24) is 19.7 Å². The highest BCUT2D eigenvalue weighted by atomic mass is 16.2. The van der Waals surface area contributed by atoms with Crippen LogP contribution in [0.2, 0.25) is 0 Å². The normalized spacial score (nSPS) is 17.8. The summed E-state index contributed by atoms with van der Waals surface area (Å²) in [5.74, 6) is 1.64. The molecule has 1 saturated heterocycles. The summed E-state index contributed by atoms with van der Waals surface area (Å²) in [5.41, 5.74) is 0.861. The molecule has 0 aliphatic carbocycles. The van der Waals surface area contributed by atoms with Crippen molar-refractivity contribution in [2.75, 3.05) is 13.1 Å². The highest BCUT2D eigenvalue weighted by Gasteiger charge is 2.26. The van der Waals surface area contributed by atoms with E-state index in [1.165, 1.54) is 0 Å². The third-order valence-electron chi connectivity index (χ3n) is 3.74. The van der Waals surface area contributed by atoms with E-state index in [-0.39, 0.29) is 5.91 Å². The molecular formula is C14H22N4O. The van der Waals surface area contributed by atoms with E-state index in [0.717, 1.165) is 43.7 Å². The first-order valence-corrected chi connectivity index (χ1v) is 6.93. The molecule has 5 heteroatoms. The van der Waals surface area contributed by atoms with Crippen LogP contribution in [0.25, 0.3) is 0 Å². The lowest BCUT2D eigenvalue weighted by Crippen LogP contribution is -2.38. The lowest BCUT2D eigenvalue weighted by atomic mass is 9.95. The third kappa shape index (κ3) is 3.03. The Bertz CT molecular complexity index is 470. The van der Waals surface area contributed by atoms with Gasteiger partial charge in [-0.2, -0.15) is 0 Å². The number of carbonyl (C=O) groups is 1. The molecular weight excluding hydrogens is 240 g/mol. The van der Waals surface area contributed by atoms with Crippen LogP contribution >= 0.6 is 0 Å². The predicted octanol–water partition coefficient (Wildman–Crippen LogP) is 1.88. The number of carbonyl (C=O) groups excluding carboxylic acids is 1. The van der Waals surface area contributed by atoms with Crippen molar-refractivity contribution in [3.8, 4) is 0 Å². The first-order chi connectivity index (χ1) is 9.13. The van der Waals surface area contributed by atoms with Gasteiger partial charge < -0.3 is 9.47 Å². The summed E-state index contributed by atoms with van der Waals surface area (Å²) >= 11 is 0. The fraction of sp³-hybridized carbons (Fsp3) is 0.643. The molecule has 5 nitrogen and oxygen atoms in total. The minimum absolute atomic E-state index is 0.179. The van der Waals surface area contributed by atoms with Crippen LogP contribution in [0.1, 0.15) is 44.9 Å². The lowest BCUT2D eigenvalue weighted by Gasteiger charge is -2.31. The number of likely N-dealkylation sites (tertiary alicyclic amines) is 1. The zero-order chi connectivity index (χ0) is 13.8. The van der Waals surface area contributed by atoms with Gasteiger partial charge in [0.15, 0.2) is 0 Å². The Labute approximate surface area is 114 Å². The molecule has 0 bridgehead atoms. The van der Waals surface area contributed by atoms with Crippen molar-refractivity contribution in [2.24, 2.45) is 7.05 Å². The van der Waals surface area contributed by atoms with Gasteiger partial charge in [-0.25, -0.2) is 0 Å². The van der Waals surface area contributed by atoms with Crippen LogP contribution in [-0.4, -0.2) is 38.7 Å². The monoisotopic (exact) mass is 262 g/mol. The van der Waals surface area contributed by atoms with E-state index in [1.807, 2.05) is 29.5 Å². The third-order valence-corrected chi connectivity index (χ3v) is 3.74. The van der Waals surface area contributed by atoms with Gasteiger partial charge >= 0.3 is 0 Å². The fourth-order valence-corrected chi connectivity index (χ4v) is 2.65. The maximum Gasteiger partial charge on any atom is 0.249 e. The van der Waals surface area contributed by atoms with Crippen molar-refractivity contribution in [3.63, 3.8) is 0 Å². The topological polar surface area (TPSA) is 51.0 Å². The Balaban J connectivity index is 1.94. The van der Waals surface area contributed by atoms with E-state index >= 15 is 0 Å². The predicted molar refractivity (Wildman–Crippen MR) is 73.6 cm³/mol. The summed E-state index contributed by atoms with van der Waals surface area (Å²) in [5, 5.41) is 8.10. The average molecular weight is 262 g/mol. The number of allylic oxidation sites excluding steroid dienone is 1. The molecule has 1 aliphatic rings. The standard InChI is InChI=1S/C14H22N4O/c1-4-5-11(2)14(19)18-8-6-12(7-9-18)13-16-15-10-17(13)3/h5,10,12H,4,6-9H2,1-3H3. The van der Waals surface area contributed by atoms with Crippen LogP contribution in [0.15, 0.2) is 18.0 Å². The number of nitrogens with zero attached hydrogens (tertiary/aromatic N) is 4.